The molecule has 1 aromatic carbocycles. The van der Waals surface area contributed by atoms with Crippen LogP contribution in [0.25, 0.3) is 22.3 Å². The predicted octanol–water partition coefficient (Wildman–Crippen LogP) is 3.71. The molecule has 2 amide bonds. The van der Waals surface area contributed by atoms with Crippen LogP contribution in [0.15, 0.2) is 48.1 Å². The molecular formula is C28H30N6O4S. The third kappa shape index (κ3) is 4.97. The summed E-state index contributed by atoms with van der Waals surface area (Å²) >= 11 is 1.53. The van der Waals surface area contributed by atoms with Gasteiger partial charge in [0.05, 0.1) is 29.8 Å². The lowest BCUT2D eigenvalue weighted by Crippen LogP contribution is -2.52. The zero-order valence-electron chi connectivity index (χ0n) is 22.1. The maximum Gasteiger partial charge on any atom is 0.295 e. The molecule has 4 aromatic rings. The molecule has 1 aliphatic heterocycles. The SMILES string of the molecule is CCN(CC)c1nc(-c2ncc(OC)c3c(C(=O)C(=O)N4CCN(C(=O)c5ccccc5)CC4)c[nH]c23)cs1. The molecule has 10 nitrogen and oxygen atoms in total. The molecule has 4 heterocycles. The Morgan fingerprint density at radius 3 is 2.41 bits per heavy atom. The van der Waals surface area contributed by atoms with Crippen LogP contribution in [-0.4, -0.2) is 88.7 Å². The van der Waals surface area contributed by atoms with Crippen molar-refractivity contribution in [3.05, 3.63) is 59.2 Å². The lowest BCUT2D eigenvalue weighted by molar-refractivity contribution is -0.127. The van der Waals surface area contributed by atoms with Gasteiger partial charge in [0.1, 0.15) is 17.1 Å². The summed E-state index contributed by atoms with van der Waals surface area (Å²) in [6.07, 6.45) is 3.09. The molecule has 0 unspecified atom stereocenters. The number of nitrogens with zero attached hydrogens (tertiary/aromatic N) is 5. The maximum atomic E-state index is 13.5. The van der Waals surface area contributed by atoms with Crippen molar-refractivity contribution in [1.82, 2.24) is 24.8 Å². The van der Waals surface area contributed by atoms with Gasteiger partial charge in [0.25, 0.3) is 17.6 Å². The molecule has 39 heavy (non-hydrogen) atoms. The number of ether oxygens (including phenoxy) is 1. The van der Waals surface area contributed by atoms with Gasteiger partial charge in [-0.1, -0.05) is 18.2 Å². The number of carbonyl (C=O) groups is 3. The smallest absolute Gasteiger partial charge is 0.295 e. The molecule has 5 rings (SSSR count). The summed E-state index contributed by atoms with van der Waals surface area (Å²) in [5, 5.41) is 3.32. The van der Waals surface area contributed by atoms with Crippen molar-refractivity contribution >= 4 is 45.0 Å². The van der Waals surface area contributed by atoms with Gasteiger partial charge >= 0.3 is 0 Å². The van der Waals surface area contributed by atoms with Crippen LogP contribution < -0.4 is 9.64 Å². The number of rotatable bonds is 8. The molecule has 1 fully saturated rings. The number of pyridine rings is 1. The Balaban J connectivity index is 1.37. The highest BCUT2D eigenvalue weighted by Gasteiger charge is 2.31. The number of methoxy groups -OCH3 is 1. The molecule has 0 bridgehead atoms. The number of hydrogen-bond acceptors (Lipinski definition) is 8. The second-order valence-corrected chi connectivity index (χ2v) is 9.93. The van der Waals surface area contributed by atoms with E-state index in [0.29, 0.717) is 46.7 Å². The number of piperazine rings is 1. The van der Waals surface area contributed by atoms with Crippen LogP contribution in [0.2, 0.25) is 0 Å². The van der Waals surface area contributed by atoms with Gasteiger partial charge in [-0.15, -0.1) is 11.3 Å². The Kier molecular flexibility index (Phi) is 7.60. The van der Waals surface area contributed by atoms with Crippen LogP contribution in [0.3, 0.4) is 0 Å². The van der Waals surface area contributed by atoms with E-state index < -0.39 is 11.7 Å². The molecule has 1 aliphatic rings. The molecule has 1 saturated heterocycles. The van der Waals surface area contributed by atoms with Crippen molar-refractivity contribution in [3.63, 3.8) is 0 Å². The number of benzene rings is 1. The maximum absolute atomic E-state index is 13.5. The Morgan fingerprint density at radius 2 is 1.74 bits per heavy atom. The normalized spacial score (nSPS) is 13.5. The number of amides is 2. The Labute approximate surface area is 230 Å². The first-order valence-electron chi connectivity index (χ1n) is 12.9. The van der Waals surface area contributed by atoms with Gasteiger partial charge in [-0.25, -0.2) is 9.97 Å². The zero-order valence-corrected chi connectivity index (χ0v) is 23.0. The number of anilines is 1. The number of nitrogens with one attached hydrogen (secondary N) is 1. The molecule has 0 atom stereocenters. The van der Waals surface area contributed by atoms with Crippen molar-refractivity contribution in [3.8, 4) is 17.1 Å². The monoisotopic (exact) mass is 546 g/mol. The molecule has 202 valence electrons. The number of aromatic nitrogens is 3. The summed E-state index contributed by atoms with van der Waals surface area (Å²) in [4.78, 5) is 57.3. The van der Waals surface area contributed by atoms with Crippen molar-refractivity contribution in [1.29, 1.82) is 0 Å². The minimum atomic E-state index is -0.637. The minimum absolute atomic E-state index is 0.0818. The molecule has 11 heteroatoms. The lowest BCUT2D eigenvalue weighted by atomic mass is 10.1. The number of H-pyrrole nitrogens is 1. The number of carbonyl (C=O) groups excluding carboxylic acids is 3. The molecular weight excluding hydrogens is 516 g/mol. The van der Waals surface area contributed by atoms with Gasteiger partial charge in [-0.05, 0) is 26.0 Å². The average Bonchev–Trinajstić information content (AvgIpc) is 3.65. The van der Waals surface area contributed by atoms with Crippen LogP contribution >= 0.6 is 11.3 Å². The number of ketones is 1. The number of hydrogen-bond donors (Lipinski definition) is 1. The summed E-state index contributed by atoms with van der Waals surface area (Å²) < 4.78 is 5.52. The lowest BCUT2D eigenvalue weighted by Gasteiger charge is -2.34. The van der Waals surface area contributed by atoms with Gasteiger partial charge in [0.15, 0.2) is 5.13 Å². The van der Waals surface area contributed by atoms with Crippen molar-refractivity contribution in [2.75, 3.05) is 51.3 Å². The van der Waals surface area contributed by atoms with Crippen LogP contribution in [0.5, 0.6) is 5.75 Å². The molecule has 3 aromatic heterocycles. The molecule has 1 N–H and O–H groups in total. The van der Waals surface area contributed by atoms with E-state index in [4.69, 9.17) is 9.72 Å². The van der Waals surface area contributed by atoms with E-state index in [2.05, 4.69) is 28.7 Å². The standard InChI is InChI=1S/C28H30N6O4S/c1-4-32(5-2)28-31-20(17-39-28)23-24-22(21(38-3)16-30-23)19(15-29-24)25(35)27(37)34-13-11-33(12-14-34)26(36)18-9-7-6-8-10-18/h6-10,15-17,29H,4-5,11-14H2,1-3H3. The minimum Gasteiger partial charge on any atom is -0.494 e. The van der Waals surface area contributed by atoms with E-state index in [1.807, 2.05) is 23.6 Å². The van der Waals surface area contributed by atoms with E-state index in [1.54, 1.807) is 23.2 Å². The van der Waals surface area contributed by atoms with E-state index in [0.717, 1.165) is 18.2 Å². The van der Waals surface area contributed by atoms with Crippen LogP contribution in [0.1, 0.15) is 34.6 Å². The first-order valence-corrected chi connectivity index (χ1v) is 13.8. The number of Topliss-reactive ketones (excluding diaryl/α,β-unsaturated/α-hetero) is 1. The summed E-state index contributed by atoms with van der Waals surface area (Å²) in [5.74, 6) is -0.938. The fourth-order valence-electron chi connectivity index (χ4n) is 4.79. The van der Waals surface area contributed by atoms with E-state index in [1.165, 1.54) is 29.5 Å². The Hall–Kier alpha value is -4.25. The van der Waals surface area contributed by atoms with E-state index in [-0.39, 0.29) is 24.6 Å². The molecule has 0 spiro atoms. The van der Waals surface area contributed by atoms with Gasteiger partial charge in [0, 0.05) is 56.4 Å². The second kappa shape index (κ2) is 11.2. The van der Waals surface area contributed by atoms with Gasteiger partial charge in [0.2, 0.25) is 0 Å². The second-order valence-electron chi connectivity index (χ2n) is 9.09. The molecule has 0 aliphatic carbocycles. The summed E-state index contributed by atoms with van der Waals surface area (Å²) in [5.41, 5.74) is 2.67. The van der Waals surface area contributed by atoms with Crippen LogP contribution in [0.4, 0.5) is 5.13 Å². The fraction of sp³-hybridized carbons (Fsp3) is 0.321. The predicted molar refractivity (Wildman–Crippen MR) is 151 cm³/mol. The number of thiazole rings is 1. The first kappa shape index (κ1) is 26.4. The fourth-order valence-corrected chi connectivity index (χ4v) is 5.73. The van der Waals surface area contributed by atoms with Crippen LogP contribution in [0, 0.1) is 0 Å². The topological polar surface area (TPSA) is 112 Å². The number of aromatic amines is 1. The highest BCUT2D eigenvalue weighted by atomic mass is 32.1. The highest BCUT2D eigenvalue weighted by molar-refractivity contribution is 7.14. The quantitative estimate of drug-likeness (QED) is 0.265. The summed E-state index contributed by atoms with van der Waals surface area (Å²) in [6, 6.07) is 9.04. The third-order valence-electron chi connectivity index (χ3n) is 6.98. The van der Waals surface area contributed by atoms with Crippen molar-refractivity contribution in [2.45, 2.75) is 13.8 Å². The largest absolute Gasteiger partial charge is 0.494 e. The first-order chi connectivity index (χ1) is 19.0. The van der Waals surface area contributed by atoms with Crippen molar-refractivity contribution < 1.29 is 19.1 Å². The summed E-state index contributed by atoms with van der Waals surface area (Å²) in [6.45, 7) is 7.11. The molecule has 0 saturated carbocycles. The Morgan fingerprint density at radius 1 is 1.05 bits per heavy atom. The van der Waals surface area contributed by atoms with Crippen molar-refractivity contribution in [2.24, 2.45) is 0 Å². The van der Waals surface area contributed by atoms with Gasteiger partial charge in [-0.3, -0.25) is 14.4 Å². The third-order valence-corrected chi connectivity index (χ3v) is 7.88. The van der Waals surface area contributed by atoms with E-state index in [9.17, 15) is 14.4 Å². The molecule has 0 radical (unpaired) electrons. The van der Waals surface area contributed by atoms with E-state index >= 15 is 0 Å². The number of fused-ring (bicyclic) bond motifs is 1. The van der Waals surface area contributed by atoms with Gasteiger partial charge in [-0.2, -0.15) is 0 Å². The average molecular weight is 547 g/mol. The summed E-state index contributed by atoms with van der Waals surface area (Å²) in [7, 11) is 1.50. The Bertz CT molecular complexity index is 1500. The van der Waals surface area contributed by atoms with Gasteiger partial charge < -0.3 is 24.4 Å². The van der Waals surface area contributed by atoms with Crippen LogP contribution in [-0.2, 0) is 4.79 Å². The highest BCUT2D eigenvalue weighted by Crippen LogP contribution is 2.36. The zero-order chi connectivity index (χ0) is 27.5.